The van der Waals surface area contributed by atoms with Crippen LogP contribution in [0.3, 0.4) is 0 Å². The first-order valence-corrected chi connectivity index (χ1v) is 5.41. The third kappa shape index (κ3) is 1.38. The van der Waals surface area contributed by atoms with E-state index >= 15 is 0 Å². The molecule has 1 fully saturated rings. The third-order valence-corrected chi connectivity index (χ3v) is 2.92. The number of nitrogens with zero attached hydrogens (tertiary/aromatic N) is 1. The van der Waals surface area contributed by atoms with Crippen molar-refractivity contribution in [2.45, 2.75) is 25.7 Å². The Hall–Kier alpha value is -1.84. The third-order valence-electron chi connectivity index (χ3n) is 2.92. The Balaban J connectivity index is 2.22. The van der Waals surface area contributed by atoms with Crippen LogP contribution < -0.4 is 5.56 Å². The fourth-order valence-electron chi connectivity index (χ4n) is 1.96. The topological polar surface area (TPSA) is 58.9 Å². The molecule has 0 radical (unpaired) electrons. The molecule has 2 heterocycles. The second kappa shape index (κ2) is 3.33. The molecule has 0 spiro atoms. The van der Waals surface area contributed by atoms with Gasteiger partial charge in [-0.3, -0.25) is 4.79 Å². The monoisotopic (exact) mass is 216 g/mol. The molecule has 1 aliphatic carbocycles. The molecule has 2 aromatic rings. The van der Waals surface area contributed by atoms with E-state index in [1.54, 1.807) is 6.20 Å². The van der Waals surface area contributed by atoms with E-state index in [2.05, 4.69) is 10.1 Å². The van der Waals surface area contributed by atoms with E-state index < -0.39 is 0 Å². The smallest absolute Gasteiger partial charge is 0.256 e. The number of aryl methyl sites for hydroxylation is 1. The average molecular weight is 216 g/mol. The molecule has 1 aliphatic rings. The van der Waals surface area contributed by atoms with Crippen LogP contribution in [0.1, 0.15) is 30.2 Å². The van der Waals surface area contributed by atoms with Crippen molar-refractivity contribution in [2.24, 2.45) is 0 Å². The molecule has 0 aromatic carbocycles. The second-order valence-corrected chi connectivity index (χ2v) is 4.19. The van der Waals surface area contributed by atoms with Crippen LogP contribution in [-0.2, 0) is 0 Å². The molecule has 0 unspecified atom stereocenters. The van der Waals surface area contributed by atoms with Crippen molar-refractivity contribution < 1.29 is 4.52 Å². The van der Waals surface area contributed by atoms with Crippen LogP contribution in [0.5, 0.6) is 0 Å². The van der Waals surface area contributed by atoms with E-state index in [9.17, 15) is 4.79 Å². The lowest BCUT2D eigenvalue weighted by Crippen LogP contribution is -2.08. The van der Waals surface area contributed by atoms with Crippen LogP contribution in [0, 0.1) is 6.92 Å². The molecule has 0 atom stereocenters. The highest BCUT2D eigenvalue weighted by Gasteiger charge is 2.32. The molecular formula is C12H12N2O2. The maximum Gasteiger partial charge on any atom is 0.256 e. The Morgan fingerprint density at radius 1 is 1.50 bits per heavy atom. The number of rotatable bonds is 2. The summed E-state index contributed by atoms with van der Waals surface area (Å²) in [6, 6.07) is 3.63. The summed E-state index contributed by atoms with van der Waals surface area (Å²) < 4.78 is 5.33. The Morgan fingerprint density at radius 3 is 3.00 bits per heavy atom. The molecule has 1 saturated carbocycles. The Morgan fingerprint density at radius 2 is 2.31 bits per heavy atom. The lowest BCUT2D eigenvalue weighted by Gasteiger charge is -1.99. The number of hydrogen-bond acceptors (Lipinski definition) is 3. The first kappa shape index (κ1) is 9.39. The molecule has 0 amide bonds. The van der Waals surface area contributed by atoms with Gasteiger partial charge in [0.1, 0.15) is 5.76 Å². The van der Waals surface area contributed by atoms with Crippen molar-refractivity contribution in [2.75, 3.05) is 0 Å². The summed E-state index contributed by atoms with van der Waals surface area (Å²) in [7, 11) is 0. The zero-order chi connectivity index (χ0) is 11.1. The number of aromatic amines is 1. The molecule has 4 heteroatoms. The van der Waals surface area contributed by atoms with Crippen LogP contribution >= 0.6 is 0 Å². The van der Waals surface area contributed by atoms with Crippen LogP contribution in [0.15, 0.2) is 27.6 Å². The van der Waals surface area contributed by atoms with E-state index in [0.29, 0.717) is 11.5 Å². The van der Waals surface area contributed by atoms with Crippen molar-refractivity contribution >= 4 is 0 Å². The van der Waals surface area contributed by atoms with E-state index in [4.69, 9.17) is 4.52 Å². The van der Waals surface area contributed by atoms with Gasteiger partial charge in [0.15, 0.2) is 0 Å². The summed E-state index contributed by atoms with van der Waals surface area (Å²) in [5.74, 6) is 1.32. The standard InChI is InChI=1S/C12H12N2O2/c1-7-10(9-3-2-6-13-12(9)15)11(16-14-7)8-4-5-8/h2-3,6,8H,4-5H2,1H3,(H,13,15). The van der Waals surface area contributed by atoms with Gasteiger partial charge in [0, 0.05) is 12.1 Å². The van der Waals surface area contributed by atoms with Crippen molar-refractivity contribution in [1.82, 2.24) is 10.1 Å². The summed E-state index contributed by atoms with van der Waals surface area (Å²) >= 11 is 0. The minimum Gasteiger partial charge on any atom is -0.360 e. The molecule has 2 aromatic heterocycles. The molecule has 82 valence electrons. The van der Waals surface area contributed by atoms with Crippen molar-refractivity contribution in [3.63, 3.8) is 0 Å². The van der Waals surface area contributed by atoms with E-state index in [1.165, 1.54) is 0 Å². The van der Waals surface area contributed by atoms with Gasteiger partial charge in [-0.15, -0.1) is 0 Å². The van der Waals surface area contributed by atoms with Crippen molar-refractivity contribution in [3.05, 3.63) is 40.1 Å². The van der Waals surface area contributed by atoms with Gasteiger partial charge in [-0.25, -0.2) is 0 Å². The largest absolute Gasteiger partial charge is 0.360 e. The van der Waals surface area contributed by atoms with Gasteiger partial charge in [-0.2, -0.15) is 0 Å². The quantitative estimate of drug-likeness (QED) is 0.837. The molecular weight excluding hydrogens is 204 g/mol. The predicted octanol–water partition coefficient (Wildman–Crippen LogP) is 2.22. The lowest BCUT2D eigenvalue weighted by molar-refractivity contribution is 0.381. The SMILES string of the molecule is Cc1noc(C2CC2)c1-c1ccc[nH]c1=O. The molecule has 3 rings (SSSR count). The minimum absolute atomic E-state index is 0.0873. The first-order valence-electron chi connectivity index (χ1n) is 5.41. The number of aromatic nitrogens is 2. The fraction of sp³-hybridized carbons (Fsp3) is 0.333. The van der Waals surface area contributed by atoms with Gasteiger partial charge in [0.25, 0.3) is 5.56 Å². The summed E-state index contributed by atoms with van der Waals surface area (Å²) in [4.78, 5) is 14.4. The number of nitrogens with one attached hydrogen (secondary N) is 1. The highest BCUT2D eigenvalue weighted by atomic mass is 16.5. The normalized spacial score (nSPS) is 15.3. The molecule has 0 saturated heterocycles. The lowest BCUT2D eigenvalue weighted by atomic mass is 10.0. The zero-order valence-corrected chi connectivity index (χ0v) is 8.99. The van der Waals surface area contributed by atoms with Gasteiger partial charge in [-0.1, -0.05) is 5.16 Å². The Bertz CT molecular complexity index is 579. The van der Waals surface area contributed by atoms with Crippen LogP contribution in [0.2, 0.25) is 0 Å². The summed E-state index contributed by atoms with van der Waals surface area (Å²) in [5.41, 5.74) is 2.24. The predicted molar refractivity (Wildman–Crippen MR) is 59.3 cm³/mol. The summed E-state index contributed by atoms with van der Waals surface area (Å²) in [6.45, 7) is 1.87. The van der Waals surface area contributed by atoms with Crippen LogP contribution in [0.4, 0.5) is 0 Å². The van der Waals surface area contributed by atoms with Crippen molar-refractivity contribution in [3.8, 4) is 11.1 Å². The number of pyridine rings is 1. The molecule has 1 N–H and O–H groups in total. The summed E-state index contributed by atoms with van der Waals surface area (Å²) in [6.07, 6.45) is 3.89. The molecule has 16 heavy (non-hydrogen) atoms. The highest BCUT2D eigenvalue weighted by Crippen LogP contribution is 2.44. The maximum atomic E-state index is 11.7. The average Bonchev–Trinajstić information content (AvgIpc) is 3.04. The van der Waals surface area contributed by atoms with Crippen molar-refractivity contribution in [1.29, 1.82) is 0 Å². The first-order chi connectivity index (χ1) is 7.77. The van der Waals surface area contributed by atoms with E-state index in [1.807, 2.05) is 19.1 Å². The van der Waals surface area contributed by atoms with Crippen LogP contribution in [-0.4, -0.2) is 10.1 Å². The Kier molecular flexibility index (Phi) is 1.96. The maximum absolute atomic E-state index is 11.7. The highest BCUT2D eigenvalue weighted by molar-refractivity contribution is 5.67. The molecule has 0 aliphatic heterocycles. The van der Waals surface area contributed by atoms with Gasteiger partial charge >= 0.3 is 0 Å². The van der Waals surface area contributed by atoms with Gasteiger partial charge in [-0.05, 0) is 31.9 Å². The molecule has 0 bridgehead atoms. The minimum atomic E-state index is -0.0873. The molecule has 4 nitrogen and oxygen atoms in total. The summed E-state index contributed by atoms with van der Waals surface area (Å²) in [5, 5.41) is 3.97. The van der Waals surface area contributed by atoms with Gasteiger partial charge in [0.05, 0.1) is 16.8 Å². The fourth-order valence-corrected chi connectivity index (χ4v) is 1.96. The number of hydrogen-bond donors (Lipinski definition) is 1. The van der Waals surface area contributed by atoms with E-state index in [-0.39, 0.29) is 5.56 Å². The number of H-pyrrole nitrogens is 1. The van der Waals surface area contributed by atoms with E-state index in [0.717, 1.165) is 29.9 Å². The zero-order valence-electron chi connectivity index (χ0n) is 8.99. The second-order valence-electron chi connectivity index (χ2n) is 4.19. The van der Waals surface area contributed by atoms with Gasteiger partial charge < -0.3 is 9.51 Å². The van der Waals surface area contributed by atoms with Crippen LogP contribution in [0.25, 0.3) is 11.1 Å². The van der Waals surface area contributed by atoms with Gasteiger partial charge in [0.2, 0.25) is 0 Å². The Labute approximate surface area is 92.3 Å².